The minimum Gasteiger partial charge on any atom is -0.265 e. The van der Waals surface area contributed by atoms with Crippen molar-refractivity contribution in [1.29, 1.82) is 0 Å². The number of hydrogen-bond acceptors (Lipinski definition) is 2. The standard InChI is InChI=1S/C14H15NS/c1-10-11(2)14(16-12(10)3)5-4-13-6-8-15-9-7-13/h4-9H,1-3H3/b5-4+. The Morgan fingerprint density at radius 3 is 2.25 bits per heavy atom. The summed E-state index contributed by atoms with van der Waals surface area (Å²) in [6.45, 7) is 6.55. The molecule has 0 unspecified atom stereocenters. The molecule has 2 heteroatoms. The summed E-state index contributed by atoms with van der Waals surface area (Å²) in [5.41, 5.74) is 4.00. The molecule has 0 saturated heterocycles. The Hall–Kier alpha value is -1.41. The predicted molar refractivity (Wildman–Crippen MR) is 71.7 cm³/mol. The molecule has 2 aromatic rings. The highest BCUT2D eigenvalue weighted by Crippen LogP contribution is 2.28. The Morgan fingerprint density at radius 1 is 1.00 bits per heavy atom. The second-order valence-electron chi connectivity index (χ2n) is 3.89. The van der Waals surface area contributed by atoms with Gasteiger partial charge in [0.1, 0.15) is 0 Å². The molecule has 16 heavy (non-hydrogen) atoms. The van der Waals surface area contributed by atoms with E-state index in [0.29, 0.717) is 0 Å². The maximum atomic E-state index is 4.00. The molecule has 2 aromatic heterocycles. The molecule has 0 spiro atoms. The summed E-state index contributed by atoms with van der Waals surface area (Å²) in [4.78, 5) is 6.77. The maximum Gasteiger partial charge on any atom is 0.0305 e. The number of pyridine rings is 1. The van der Waals surface area contributed by atoms with Gasteiger partial charge >= 0.3 is 0 Å². The molecule has 0 aliphatic heterocycles. The van der Waals surface area contributed by atoms with Gasteiger partial charge in [-0.3, -0.25) is 4.98 Å². The smallest absolute Gasteiger partial charge is 0.0305 e. The third-order valence-corrected chi connectivity index (χ3v) is 4.13. The lowest BCUT2D eigenvalue weighted by Crippen LogP contribution is -1.76. The number of aromatic nitrogens is 1. The highest BCUT2D eigenvalue weighted by atomic mass is 32.1. The molecule has 0 bridgehead atoms. The maximum absolute atomic E-state index is 4.00. The van der Waals surface area contributed by atoms with Gasteiger partial charge in [-0.2, -0.15) is 0 Å². The van der Waals surface area contributed by atoms with Crippen molar-refractivity contribution in [2.45, 2.75) is 20.8 Å². The zero-order chi connectivity index (χ0) is 11.5. The van der Waals surface area contributed by atoms with E-state index in [9.17, 15) is 0 Å². The third kappa shape index (κ3) is 2.22. The first-order chi connectivity index (χ1) is 7.68. The number of thiophene rings is 1. The van der Waals surface area contributed by atoms with Gasteiger partial charge in [-0.25, -0.2) is 0 Å². The third-order valence-electron chi connectivity index (χ3n) is 2.86. The summed E-state index contributed by atoms with van der Waals surface area (Å²) in [5.74, 6) is 0. The lowest BCUT2D eigenvalue weighted by molar-refractivity contribution is 1.32. The molecule has 0 N–H and O–H groups in total. The fourth-order valence-corrected chi connectivity index (χ4v) is 2.65. The Balaban J connectivity index is 2.28. The van der Waals surface area contributed by atoms with Crippen molar-refractivity contribution in [3.63, 3.8) is 0 Å². The van der Waals surface area contributed by atoms with Crippen LogP contribution < -0.4 is 0 Å². The zero-order valence-electron chi connectivity index (χ0n) is 9.82. The average molecular weight is 229 g/mol. The van der Waals surface area contributed by atoms with Gasteiger partial charge in [0, 0.05) is 22.1 Å². The van der Waals surface area contributed by atoms with Crippen LogP contribution >= 0.6 is 11.3 Å². The Bertz CT molecular complexity index is 509. The summed E-state index contributed by atoms with van der Waals surface area (Å²) < 4.78 is 0. The van der Waals surface area contributed by atoms with E-state index in [2.05, 4.69) is 37.9 Å². The molecule has 0 amide bonds. The van der Waals surface area contributed by atoms with Crippen LogP contribution in [0.4, 0.5) is 0 Å². The van der Waals surface area contributed by atoms with Gasteiger partial charge < -0.3 is 0 Å². The summed E-state index contributed by atoms with van der Waals surface area (Å²) in [6.07, 6.45) is 7.96. The van der Waals surface area contributed by atoms with Gasteiger partial charge in [0.2, 0.25) is 0 Å². The quantitative estimate of drug-likeness (QED) is 0.750. The van der Waals surface area contributed by atoms with Crippen LogP contribution in [0.25, 0.3) is 12.2 Å². The van der Waals surface area contributed by atoms with Crippen molar-refractivity contribution in [2.75, 3.05) is 0 Å². The average Bonchev–Trinajstić information content (AvgIpc) is 2.56. The van der Waals surface area contributed by atoms with Crippen molar-refractivity contribution < 1.29 is 0 Å². The Morgan fingerprint density at radius 2 is 1.69 bits per heavy atom. The molecule has 2 rings (SSSR count). The van der Waals surface area contributed by atoms with Crippen LogP contribution in [0.3, 0.4) is 0 Å². The van der Waals surface area contributed by atoms with E-state index in [4.69, 9.17) is 0 Å². The molecule has 0 fully saturated rings. The Kier molecular flexibility index (Phi) is 3.20. The molecule has 1 nitrogen and oxygen atoms in total. The van der Waals surface area contributed by atoms with Gasteiger partial charge in [0.15, 0.2) is 0 Å². The molecular weight excluding hydrogens is 214 g/mol. The lowest BCUT2D eigenvalue weighted by Gasteiger charge is -1.93. The van der Waals surface area contributed by atoms with Crippen molar-refractivity contribution in [1.82, 2.24) is 4.98 Å². The molecule has 0 saturated carbocycles. The Labute approximate surface area is 100 Å². The molecule has 0 aliphatic rings. The second-order valence-corrected chi connectivity index (χ2v) is 5.14. The van der Waals surface area contributed by atoms with E-state index < -0.39 is 0 Å². The molecular formula is C14H15NS. The minimum atomic E-state index is 1.19. The minimum absolute atomic E-state index is 1.19. The monoisotopic (exact) mass is 229 g/mol. The number of aryl methyl sites for hydroxylation is 1. The fourth-order valence-electron chi connectivity index (χ4n) is 1.57. The van der Waals surface area contributed by atoms with Crippen LogP contribution in [0.2, 0.25) is 0 Å². The molecule has 0 radical (unpaired) electrons. The van der Waals surface area contributed by atoms with Crippen LogP contribution in [-0.2, 0) is 0 Å². The van der Waals surface area contributed by atoms with E-state index in [1.165, 1.54) is 26.4 Å². The van der Waals surface area contributed by atoms with Crippen LogP contribution in [0.1, 0.15) is 26.4 Å². The molecule has 0 aromatic carbocycles. The van der Waals surface area contributed by atoms with Gasteiger partial charge in [0.25, 0.3) is 0 Å². The molecule has 0 aliphatic carbocycles. The van der Waals surface area contributed by atoms with Gasteiger partial charge in [-0.15, -0.1) is 11.3 Å². The summed E-state index contributed by atoms with van der Waals surface area (Å²) in [5, 5.41) is 0. The normalized spacial score (nSPS) is 11.2. The van der Waals surface area contributed by atoms with Crippen molar-refractivity contribution in [3.05, 3.63) is 51.0 Å². The predicted octanol–water partition coefficient (Wildman–Crippen LogP) is 4.24. The van der Waals surface area contributed by atoms with Crippen molar-refractivity contribution >= 4 is 23.5 Å². The zero-order valence-corrected chi connectivity index (χ0v) is 10.6. The summed E-state index contributed by atoms with van der Waals surface area (Å²) in [6, 6.07) is 4.03. The van der Waals surface area contributed by atoms with E-state index in [1.54, 1.807) is 0 Å². The molecule has 2 heterocycles. The second kappa shape index (κ2) is 4.62. The first-order valence-corrected chi connectivity index (χ1v) is 6.15. The van der Waals surface area contributed by atoms with Gasteiger partial charge in [0.05, 0.1) is 0 Å². The lowest BCUT2D eigenvalue weighted by atomic mass is 10.1. The SMILES string of the molecule is Cc1sc(/C=C/c2ccncc2)c(C)c1C. The highest BCUT2D eigenvalue weighted by molar-refractivity contribution is 7.13. The van der Waals surface area contributed by atoms with Crippen LogP contribution in [0, 0.1) is 20.8 Å². The van der Waals surface area contributed by atoms with Gasteiger partial charge in [-0.05, 0) is 55.7 Å². The van der Waals surface area contributed by atoms with Crippen molar-refractivity contribution in [2.24, 2.45) is 0 Å². The number of nitrogens with zero attached hydrogens (tertiary/aromatic N) is 1. The highest BCUT2D eigenvalue weighted by Gasteiger charge is 2.04. The molecule has 0 atom stereocenters. The van der Waals surface area contributed by atoms with E-state index in [1.807, 2.05) is 35.9 Å². The van der Waals surface area contributed by atoms with Gasteiger partial charge in [-0.1, -0.05) is 6.08 Å². The topological polar surface area (TPSA) is 12.9 Å². The summed E-state index contributed by atoms with van der Waals surface area (Å²) >= 11 is 1.86. The van der Waals surface area contributed by atoms with E-state index in [0.717, 1.165) is 0 Å². The fraction of sp³-hybridized carbons (Fsp3) is 0.214. The first-order valence-electron chi connectivity index (χ1n) is 5.33. The number of hydrogen-bond donors (Lipinski definition) is 0. The van der Waals surface area contributed by atoms with Crippen LogP contribution in [0.15, 0.2) is 24.5 Å². The largest absolute Gasteiger partial charge is 0.265 e. The van der Waals surface area contributed by atoms with E-state index >= 15 is 0 Å². The van der Waals surface area contributed by atoms with Crippen LogP contribution in [-0.4, -0.2) is 4.98 Å². The van der Waals surface area contributed by atoms with Crippen LogP contribution in [0.5, 0.6) is 0 Å². The first kappa shape index (κ1) is 11.1. The molecule has 82 valence electrons. The number of rotatable bonds is 2. The van der Waals surface area contributed by atoms with Crippen molar-refractivity contribution in [3.8, 4) is 0 Å². The summed E-state index contributed by atoms with van der Waals surface area (Å²) in [7, 11) is 0. The van der Waals surface area contributed by atoms with E-state index in [-0.39, 0.29) is 0 Å².